The van der Waals surface area contributed by atoms with Crippen LogP contribution in [-0.2, 0) is 17.9 Å². The third-order valence-corrected chi connectivity index (χ3v) is 6.48. The number of carboxylic acid groups (broad SMARTS) is 1. The van der Waals surface area contributed by atoms with Crippen LogP contribution in [0.2, 0.25) is 0 Å². The average Bonchev–Trinajstić information content (AvgIpc) is 3.12. The molecule has 0 unspecified atom stereocenters. The van der Waals surface area contributed by atoms with Crippen molar-refractivity contribution in [2.75, 3.05) is 7.05 Å². The molecule has 2 heterocycles. The first-order valence-corrected chi connectivity index (χ1v) is 10.7. The fourth-order valence-corrected chi connectivity index (χ4v) is 4.80. The van der Waals surface area contributed by atoms with Crippen LogP contribution in [0.3, 0.4) is 0 Å². The molecule has 3 aromatic rings. The Kier molecular flexibility index (Phi) is 6.39. The highest BCUT2D eigenvalue weighted by atomic mass is 32.2. The zero-order valence-corrected chi connectivity index (χ0v) is 18.1. The number of carboxylic acids is 1. The van der Waals surface area contributed by atoms with Crippen LogP contribution in [0.1, 0.15) is 25.2 Å². The van der Waals surface area contributed by atoms with E-state index in [1.807, 2.05) is 46.7 Å². The Morgan fingerprint density at radius 3 is 2.66 bits per heavy atom. The predicted molar refractivity (Wildman–Crippen MR) is 118 cm³/mol. The van der Waals surface area contributed by atoms with Gasteiger partial charge in [-0.05, 0) is 26.0 Å². The lowest BCUT2D eigenvalue weighted by atomic mass is 10.2. The molecule has 0 aliphatic heterocycles. The van der Waals surface area contributed by atoms with E-state index in [0.29, 0.717) is 23.4 Å². The van der Waals surface area contributed by atoms with Gasteiger partial charge in [-0.15, -0.1) is 11.3 Å². The van der Waals surface area contributed by atoms with Gasteiger partial charge in [0.05, 0.1) is 30.0 Å². The van der Waals surface area contributed by atoms with Gasteiger partial charge in [-0.1, -0.05) is 36.0 Å². The lowest BCUT2D eigenvalue weighted by Crippen LogP contribution is -2.36. The molecule has 7 nitrogen and oxygen atoms in total. The first-order valence-electron chi connectivity index (χ1n) is 8.97. The Bertz CT molecular complexity index is 1050. The van der Waals surface area contributed by atoms with Crippen molar-refractivity contribution in [3.8, 4) is 0 Å². The summed E-state index contributed by atoms with van der Waals surface area (Å²) in [5.41, 5.74) is 8.74. The van der Waals surface area contributed by atoms with Gasteiger partial charge in [-0.25, -0.2) is 4.98 Å². The molecule has 0 aliphatic carbocycles. The van der Waals surface area contributed by atoms with Crippen molar-refractivity contribution in [1.82, 2.24) is 14.9 Å². The lowest BCUT2D eigenvalue weighted by molar-refractivity contribution is -0.138. The number of fused-ring (bicyclic) bond motifs is 1. The van der Waals surface area contributed by atoms with E-state index in [1.165, 1.54) is 23.1 Å². The fourth-order valence-electron chi connectivity index (χ4n) is 2.62. The number of thiazole rings is 1. The molecule has 3 N–H and O–H groups in total. The molecule has 0 fully saturated rings. The van der Waals surface area contributed by atoms with Crippen LogP contribution < -0.4 is 5.73 Å². The molecule has 1 aromatic carbocycles. The molecule has 0 amide bonds. The molecule has 0 spiro atoms. The van der Waals surface area contributed by atoms with Crippen LogP contribution in [-0.4, -0.2) is 43.7 Å². The quantitative estimate of drug-likeness (QED) is 0.336. The van der Waals surface area contributed by atoms with Crippen molar-refractivity contribution in [2.45, 2.75) is 36.0 Å². The summed E-state index contributed by atoms with van der Waals surface area (Å²) in [5.74, 6) is -0.473. The second-order valence-corrected chi connectivity index (χ2v) is 9.68. The van der Waals surface area contributed by atoms with Crippen molar-refractivity contribution in [2.24, 2.45) is 10.7 Å². The highest BCUT2D eigenvalue weighted by Crippen LogP contribution is 2.34. The lowest BCUT2D eigenvalue weighted by Gasteiger charge is -2.22. The number of thioether (sulfide) groups is 1. The van der Waals surface area contributed by atoms with Crippen molar-refractivity contribution >= 4 is 45.9 Å². The summed E-state index contributed by atoms with van der Waals surface area (Å²) in [4.78, 5) is 26.6. The third kappa shape index (κ3) is 5.24. The summed E-state index contributed by atoms with van der Waals surface area (Å²) in [5, 5.41) is 12.3. The monoisotopic (exact) mass is 429 g/mol. The first-order chi connectivity index (χ1) is 13.8. The predicted octanol–water partition coefficient (Wildman–Crippen LogP) is 3.59. The molecule has 9 heteroatoms. The molecule has 0 aliphatic rings. The van der Waals surface area contributed by atoms with E-state index in [0.717, 1.165) is 22.3 Å². The first kappa shape index (κ1) is 21.1. The maximum absolute atomic E-state index is 11.3. The topological polar surface area (TPSA) is 105 Å². The smallest absolute Gasteiger partial charge is 0.319 e. The minimum atomic E-state index is -0.937. The van der Waals surface area contributed by atoms with Crippen molar-refractivity contribution < 1.29 is 9.90 Å². The van der Waals surface area contributed by atoms with Crippen LogP contribution in [0.5, 0.6) is 0 Å². The van der Waals surface area contributed by atoms with E-state index in [2.05, 4.69) is 9.98 Å². The summed E-state index contributed by atoms with van der Waals surface area (Å²) >= 11 is 2.67. The van der Waals surface area contributed by atoms with Gasteiger partial charge in [0.15, 0.2) is 10.3 Å². The molecule has 0 saturated carbocycles. The number of aliphatic carboxylic acids is 1. The SMILES string of the molecule is CN=C(N)N(Cc1csc(SC(C)(C)C(=O)O)n1)Cc1ccc2ccccc2n1. The standard InChI is InChI=1S/C20H23N5O2S2/c1-20(2,17(26)27)29-19-24-15(12-28-19)11-25(18(21)22-3)10-14-9-8-13-6-4-5-7-16(13)23-14/h4-9,12H,10-11H2,1-3H3,(H2,21,22)(H,26,27). The van der Waals surface area contributed by atoms with Gasteiger partial charge in [0.25, 0.3) is 0 Å². The number of pyridine rings is 1. The van der Waals surface area contributed by atoms with Gasteiger partial charge in [-0.2, -0.15) is 0 Å². The minimum Gasteiger partial charge on any atom is -0.480 e. The number of rotatable bonds is 7. The van der Waals surface area contributed by atoms with E-state index >= 15 is 0 Å². The van der Waals surface area contributed by atoms with Crippen LogP contribution in [0.4, 0.5) is 0 Å². The molecule has 0 radical (unpaired) electrons. The number of guanidine groups is 1. The number of carbonyl (C=O) groups is 1. The van der Waals surface area contributed by atoms with Gasteiger partial charge in [0, 0.05) is 17.8 Å². The van der Waals surface area contributed by atoms with Crippen LogP contribution in [0.15, 0.2) is 51.1 Å². The van der Waals surface area contributed by atoms with E-state index in [4.69, 9.17) is 10.7 Å². The second kappa shape index (κ2) is 8.79. The van der Waals surface area contributed by atoms with Crippen LogP contribution in [0.25, 0.3) is 10.9 Å². The average molecular weight is 430 g/mol. The molecule has 3 rings (SSSR count). The number of aromatic nitrogens is 2. The van der Waals surface area contributed by atoms with Gasteiger partial charge < -0.3 is 15.7 Å². The van der Waals surface area contributed by atoms with Crippen LogP contribution >= 0.6 is 23.1 Å². The second-order valence-electron chi connectivity index (χ2n) is 6.96. The summed E-state index contributed by atoms with van der Waals surface area (Å²) in [6, 6.07) is 12.0. The number of nitrogens with two attached hydrogens (primary N) is 1. The molecule has 2 aromatic heterocycles. The number of hydrogen-bond acceptors (Lipinski definition) is 6. The highest BCUT2D eigenvalue weighted by Gasteiger charge is 2.30. The fraction of sp³-hybridized carbons (Fsp3) is 0.300. The number of para-hydroxylation sites is 1. The minimum absolute atomic E-state index is 0.396. The molecule has 0 bridgehead atoms. The summed E-state index contributed by atoms with van der Waals surface area (Å²) in [7, 11) is 1.65. The Morgan fingerprint density at radius 1 is 1.21 bits per heavy atom. The van der Waals surface area contributed by atoms with E-state index < -0.39 is 10.7 Å². The van der Waals surface area contributed by atoms with Gasteiger partial charge in [0.1, 0.15) is 4.75 Å². The third-order valence-electron chi connectivity index (χ3n) is 4.30. The molecule has 29 heavy (non-hydrogen) atoms. The van der Waals surface area contributed by atoms with Crippen molar-refractivity contribution in [3.63, 3.8) is 0 Å². The largest absolute Gasteiger partial charge is 0.480 e. The zero-order valence-electron chi connectivity index (χ0n) is 16.5. The van der Waals surface area contributed by atoms with Gasteiger partial charge in [0.2, 0.25) is 0 Å². The maximum Gasteiger partial charge on any atom is 0.319 e. The Labute approximate surface area is 177 Å². The Hall–Kier alpha value is -2.65. The van der Waals surface area contributed by atoms with Crippen LogP contribution in [0, 0.1) is 0 Å². The number of nitrogens with zero attached hydrogens (tertiary/aromatic N) is 4. The van der Waals surface area contributed by atoms with Crippen molar-refractivity contribution in [3.05, 3.63) is 53.2 Å². The summed E-state index contributed by atoms with van der Waals surface area (Å²) < 4.78 is -0.225. The van der Waals surface area contributed by atoms with Gasteiger partial charge >= 0.3 is 5.97 Å². The molecule has 0 saturated heterocycles. The van der Waals surface area contributed by atoms with E-state index in [1.54, 1.807) is 20.9 Å². The molecule has 0 atom stereocenters. The molecular formula is C20H23N5O2S2. The summed E-state index contributed by atoms with van der Waals surface area (Å²) in [6.07, 6.45) is 0. The van der Waals surface area contributed by atoms with Gasteiger partial charge in [-0.3, -0.25) is 14.8 Å². The summed E-state index contributed by atoms with van der Waals surface area (Å²) in [6.45, 7) is 4.29. The van der Waals surface area contributed by atoms with E-state index in [9.17, 15) is 9.90 Å². The highest BCUT2D eigenvalue weighted by molar-refractivity contribution is 8.02. The number of aliphatic imine (C=N–C) groups is 1. The van der Waals surface area contributed by atoms with E-state index in [-0.39, 0.29) is 0 Å². The maximum atomic E-state index is 11.3. The number of benzene rings is 1. The Balaban J connectivity index is 1.77. The zero-order chi connectivity index (χ0) is 21.0. The normalized spacial score (nSPS) is 12.3. The Morgan fingerprint density at radius 2 is 1.93 bits per heavy atom. The molecule has 152 valence electrons. The van der Waals surface area contributed by atoms with Crippen molar-refractivity contribution in [1.29, 1.82) is 0 Å². The molecular weight excluding hydrogens is 406 g/mol. The number of hydrogen-bond donors (Lipinski definition) is 2.